The third-order valence-electron chi connectivity index (χ3n) is 4.07. The quantitative estimate of drug-likeness (QED) is 0.566. The van der Waals surface area contributed by atoms with E-state index in [-0.39, 0.29) is 5.56 Å². The fourth-order valence-corrected chi connectivity index (χ4v) is 2.79. The van der Waals surface area contributed by atoms with Crippen molar-refractivity contribution >= 4 is 0 Å². The van der Waals surface area contributed by atoms with E-state index in [4.69, 9.17) is 0 Å². The Morgan fingerprint density at radius 3 is 2.44 bits per heavy atom. The zero-order valence-electron chi connectivity index (χ0n) is 14.1. The van der Waals surface area contributed by atoms with E-state index < -0.39 is 0 Å². The summed E-state index contributed by atoms with van der Waals surface area (Å²) in [6.07, 6.45) is 4.72. The number of benzene rings is 2. The molecule has 0 aliphatic heterocycles. The van der Waals surface area contributed by atoms with Gasteiger partial charge < -0.3 is 0 Å². The van der Waals surface area contributed by atoms with Crippen molar-refractivity contribution in [1.29, 1.82) is 5.26 Å². The van der Waals surface area contributed by atoms with Gasteiger partial charge in [-0.05, 0) is 23.8 Å². The summed E-state index contributed by atoms with van der Waals surface area (Å²) in [5, 5.41) is 13.9. The van der Waals surface area contributed by atoms with Crippen LogP contribution in [0.1, 0.15) is 5.56 Å². The molecule has 0 saturated heterocycles. The van der Waals surface area contributed by atoms with Crippen LogP contribution in [0.4, 0.5) is 0 Å². The molecule has 6 nitrogen and oxygen atoms in total. The van der Waals surface area contributed by atoms with Crippen molar-refractivity contribution in [1.82, 2.24) is 19.7 Å². The van der Waals surface area contributed by atoms with Crippen LogP contribution in [-0.4, -0.2) is 19.7 Å². The highest BCUT2D eigenvalue weighted by Crippen LogP contribution is 2.22. The van der Waals surface area contributed by atoms with Gasteiger partial charge in [-0.3, -0.25) is 14.8 Å². The first-order valence-electron chi connectivity index (χ1n) is 8.23. The molecule has 4 rings (SSSR count). The van der Waals surface area contributed by atoms with E-state index in [0.29, 0.717) is 28.2 Å². The minimum atomic E-state index is -0.309. The number of hydrogen-bond acceptors (Lipinski definition) is 5. The van der Waals surface area contributed by atoms with E-state index in [9.17, 15) is 10.1 Å². The Balaban J connectivity index is 2.04. The largest absolute Gasteiger partial charge is 0.279 e. The van der Waals surface area contributed by atoms with E-state index in [1.165, 1.54) is 4.68 Å². The molecular formula is C21H13N5O. The highest BCUT2D eigenvalue weighted by Gasteiger charge is 2.15. The van der Waals surface area contributed by atoms with Gasteiger partial charge in [0, 0.05) is 12.4 Å². The van der Waals surface area contributed by atoms with Crippen LogP contribution in [0.25, 0.3) is 28.2 Å². The van der Waals surface area contributed by atoms with Crippen LogP contribution in [0.3, 0.4) is 0 Å². The molecule has 0 radical (unpaired) electrons. The van der Waals surface area contributed by atoms with Crippen molar-refractivity contribution in [3.05, 3.63) is 95.2 Å². The molecule has 128 valence electrons. The number of nitriles is 1. The molecule has 2 aromatic carbocycles. The maximum Gasteiger partial charge on any atom is 0.279 e. The average molecular weight is 351 g/mol. The van der Waals surface area contributed by atoms with Crippen molar-refractivity contribution in [3.63, 3.8) is 0 Å². The first-order valence-corrected chi connectivity index (χ1v) is 8.23. The Morgan fingerprint density at radius 1 is 0.926 bits per heavy atom. The maximum atomic E-state index is 13.2. The molecule has 0 bridgehead atoms. The van der Waals surface area contributed by atoms with Crippen molar-refractivity contribution in [2.45, 2.75) is 0 Å². The van der Waals surface area contributed by atoms with Crippen LogP contribution < -0.4 is 5.56 Å². The molecule has 0 atom stereocenters. The number of aromatic nitrogens is 4. The first kappa shape index (κ1) is 16.4. The summed E-state index contributed by atoms with van der Waals surface area (Å²) >= 11 is 0. The van der Waals surface area contributed by atoms with Crippen molar-refractivity contribution < 1.29 is 0 Å². The minimum absolute atomic E-state index is 0.309. The monoisotopic (exact) mass is 351 g/mol. The molecule has 0 spiro atoms. The molecule has 0 unspecified atom stereocenters. The third kappa shape index (κ3) is 3.10. The molecule has 27 heavy (non-hydrogen) atoms. The van der Waals surface area contributed by atoms with Crippen LogP contribution in [0, 0.1) is 11.3 Å². The van der Waals surface area contributed by atoms with Gasteiger partial charge in [0.05, 0.1) is 23.0 Å². The highest BCUT2D eigenvalue weighted by atomic mass is 16.1. The summed E-state index contributed by atoms with van der Waals surface area (Å²) in [6.45, 7) is 0. The Kier molecular flexibility index (Phi) is 4.25. The molecular weight excluding hydrogens is 338 g/mol. The first-order chi connectivity index (χ1) is 13.3. The lowest BCUT2D eigenvalue weighted by Gasteiger charge is -2.11. The van der Waals surface area contributed by atoms with Crippen LogP contribution in [0.2, 0.25) is 0 Å². The predicted octanol–water partition coefficient (Wildman–Crippen LogP) is 3.23. The number of rotatable bonds is 3. The molecule has 0 amide bonds. The van der Waals surface area contributed by atoms with Gasteiger partial charge in [0.15, 0.2) is 0 Å². The predicted molar refractivity (Wildman–Crippen MR) is 101 cm³/mol. The number of nitrogens with zero attached hydrogens (tertiary/aromatic N) is 5. The highest BCUT2D eigenvalue weighted by molar-refractivity contribution is 5.68. The van der Waals surface area contributed by atoms with Crippen LogP contribution in [-0.2, 0) is 0 Å². The van der Waals surface area contributed by atoms with Gasteiger partial charge in [0.25, 0.3) is 5.56 Å². The molecule has 0 saturated carbocycles. The van der Waals surface area contributed by atoms with Gasteiger partial charge in [-0.15, -0.1) is 0 Å². The molecule has 2 heterocycles. The van der Waals surface area contributed by atoms with E-state index in [0.717, 1.165) is 5.56 Å². The van der Waals surface area contributed by atoms with Crippen molar-refractivity contribution in [2.75, 3.05) is 0 Å². The lowest BCUT2D eigenvalue weighted by Crippen LogP contribution is -2.24. The second-order valence-electron chi connectivity index (χ2n) is 5.75. The van der Waals surface area contributed by atoms with Crippen molar-refractivity contribution in [2.24, 2.45) is 0 Å². The van der Waals surface area contributed by atoms with Gasteiger partial charge in [-0.2, -0.15) is 15.0 Å². The Labute approximate surface area is 155 Å². The van der Waals surface area contributed by atoms with Crippen LogP contribution >= 0.6 is 0 Å². The second kappa shape index (κ2) is 7.02. The summed E-state index contributed by atoms with van der Waals surface area (Å²) in [7, 11) is 0. The summed E-state index contributed by atoms with van der Waals surface area (Å²) in [4.78, 5) is 21.5. The van der Waals surface area contributed by atoms with Gasteiger partial charge >= 0.3 is 0 Å². The zero-order valence-corrected chi connectivity index (χ0v) is 14.1. The third-order valence-corrected chi connectivity index (χ3v) is 4.07. The average Bonchev–Trinajstić information content (AvgIpc) is 2.75. The fraction of sp³-hybridized carbons (Fsp3) is 0. The maximum absolute atomic E-state index is 13.2. The molecule has 0 aliphatic carbocycles. The Bertz CT molecular complexity index is 1190. The normalized spacial score (nSPS) is 10.3. The van der Waals surface area contributed by atoms with E-state index in [1.54, 1.807) is 48.9 Å². The minimum Gasteiger partial charge on any atom is -0.267 e. The molecule has 0 fully saturated rings. The van der Waals surface area contributed by atoms with Crippen molar-refractivity contribution in [3.8, 4) is 34.3 Å². The van der Waals surface area contributed by atoms with E-state index in [2.05, 4.69) is 21.1 Å². The smallest absolute Gasteiger partial charge is 0.267 e. The van der Waals surface area contributed by atoms with Gasteiger partial charge in [-0.1, -0.05) is 42.5 Å². The fourth-order valence-electron chi connectivity index (χ4n) is 2.79. The van der Waals surface area contributed by atoms with Gasteiger partial charge in [-0.25, -0.2) is 0 Å². The number of hydrogen-bond donors (Lipinski definition) is 0. The van der Waals surface area contributed by atoms with Gasteiger partial charge in [0.2, 0.25) is 0 Å². The Morgan fingerprint density at radius 2 is 1.70 bits per heavy atom. The standard InChI is InChI=1S/C21H13N5O/c22-13-16-8-4-5-9-20(16)26-21(27)17(15-6-2-1-3-7-15)12-18(25-26)19-14-23-10-11-24-19/h1-12,14H. The summed E-state index contributed by atoms with van der Waals surface area (Å²) in [6, 6.07) is 20.0. The van der Waals surface area contributed by atoms with E-state index in [1.807, 2.05) is 30.3 Å². The van der Waals surface area contributed by atoms with Crippen LogP contribution in [0.5, 0.6) is 0 Å². The SMILES string of the molecule is N#Cc1ccccc1-n1nc(-c2cnccn2)cc(-c2ccccc2)c1=O. The Hall–Kier alpha value is -4.11. The zero-order chi connectivity index (χ0) is 18.6. The van der Waals surface area contributed by atoms with Crippen LogP contribution in [0.15, 0.2) is 84.0 Å². The topological polar surface area (TPSA) is 84.5 Å². The molecule has 0 N–H and O–H groups in total. The molecule has 6 heteroatoms. The summed E-state index contributed by atoms with van der Waals surface area (Å²) in [5.41, 5.74) is 2.75. The molecule has 4 aromatic rings. The van der Waals surface area contributed by atoms with E-state index >= 15 is 0 Å². The molecule has 2 aromatic heterocycles. The van der Waals surface area contributed by atoms with Gasteiger partial charge in [0.1, 0.15) is 17.5 Å². The lowest BCUT2D eigenvalue weighted by molar-refractivity contribution is 0.810. The molecule has 0 aliphatic rings. The summed E-state index contributed by atoms with van der Waals surface area (Å²) in [5.74, 6) is 0. The summed E-state index contributed by atoms with van der Waals surface area (Å²) < 4.78 is 1.25. The number of para-hydroxylation sites is 1. The second-order valence-corrected chi connectivity index (χ2v) is 5.75. The lowest BCUT2D eigenvalue weighted by atomic mass is 10.1.